The minimum absolute atomic E-state index is 0.0496. The Morgan fingerprint density at radius 3 is 2.82 bits per heavy atom. The van der Waals surface area contributed by atoms with Crippen LogP contribution >= 0.6 is 23.4 Å². The lowest BCUT2D eigenvalue weighted by molar-refractivity contribution is 0.0935. The topological polar surface area (TPSA) is 67.2 Å². The number of halogens is 1. The zero-order chi connectivity index (χ0) is 15.9. The van der Waals surface area contributed by atoms with Gasteiger partial charge in [0.15, 0.2) is 0 Å². The number of aliphatic hydroxyl groups is 1. The molecular weight excluding hydrogens is 322 g/mol. The summed E-state index contributed by atoms with van der Waals surface area (Å²) in [5.41, 5.74) is 1.32. The third-order valence-corrected chi connectivity index (χ3v) is 4.10. The molecule has 0 saturated carbocycles. The van der Waals surface area contributed by atoms with Crippen LogP contribution in [-0.4, -0.2) is 45.5 Å². The molecule has 0 bridgehead atoms. The maximum absolute atomic E-state index is 12.2. The highest BCUT2D eigenvalue weighted by Gasteiger charge is 2.15. The summed E-state index contributed by atoms with van der Waals surface area (Å²) in [4.78, 5) is 12.2. The quantitative estimate of drug-likeness (QED) is 0.812. The fraction of sp³-hybridized carbons (Fsp3) is 0.333. The van der Waals surface area contributed by atoms with Gasteiger partial charge in [-0.15, -0.1) is 0 Å². The van der Waals surface area contributed by atoms with Crippen molar-refractivity contribution in [1.82, 2.24) is 15.1 Å². The van der Waals surface area contributed by atoms with Crippen molar-refractivity contribution in [3.05, 3.63) is 47.2 Å². The van der Waals surface area contributed by atoms with E-state index in [-0.39, 0.29) is 18.6 Å². The molecule has 2 rings (SSSR count). The van der Waals surface area contributed by atoms with Crippen molar-refractivity contribution in [1.29, 1.82) is 0 Å². The molecule has 2 aromatic rings. The molecule has 2 N–H and O–H groups in total. The van der Waals surface area contributed by atoms with Crippen molar-refractivity contribution in [2.45, 2.75) is 12.5 Å². The number of thioether (sulfide) groups is 1. The lowest BCUT2D eigenvalue weighted by Crippen LogP contribution is -2.37. The first-order valence-corrected chi connectivity index (χ1v) is 8.62. The normalized spacial score (nSPS) is 12.1. The Balaban J connectivity index is 2.06. The van der Waals surface area contributed by atoms with E-state index in [1.54, 1.807) is 34.8 Å². The van der Waals surface area contributed by atoms with Gasteiger partial charge in [0, 0.05) is 29.6 Å². The molecule has 0 aliphatic rings. The molecule has 1 aromatic heterocycles. The fourth-order valence-corrected chi connectivity index (χ4v) is 2.78. The number of carbonyl (C=O) groups is 1. The average molecular weight is 340 g/mol. The van der Waals surface area contributed by atoms with Crippen LogP contribution in [0.3, 0.4) is 0 Å². The second-order valence-electron chi connectivity index (χ2n) is 4.79. The first-order valence-electron chi connectivity index (χ1n) is 6.85. The number of nitrogens with one attached hydrogen (secondary N) is 1. The van der Waals surface area contributed by atoms with Crippen LogP contribution in [0, 0.1) is 0 Å². The fourth-order valence-electron chi connectivity index (χ4n) is 2.00. The van der Waals surface area contributed by atoms with E-state index in [0.717, 1.165) is 11.4 Å². The highest BCUT2D eigenvalue weighted by molar-refractivity contribution is 7.98. The monoisotopic (exact) mass is 339 g/mol. The predicted molar refractivity (Wildman–Crippen MR) is 89.9 cm³/mol. The molecule has 7 heteroatoms. The Morgan fingerprint density at radius 2 is 2.18 bits per heavy atom. The summed E-state index contributed by atoms with van der Waals surface area (Å²) in [7, 11) is 0. The molecule has 0 radical (unpaired) electrons. The maximum atomic E-state index is 12.2. The molecular formula is C15H18ClN3O2S. The number of aliphatic hydroxyl groups excluding tert-OH is 1. The second kappa shape index (κ2) is 8.22. The average Bonchev–Trinajstić information content (AvgIpc) is 2.98. The van der Waals surface area contributed by atoms with Gasteiger partial charge in [0.1, 0.15) is 0 Å². The first kappa shape index (κ1) is 16.9. The van der Waals surface area contributed by atoms with Crippen LogP contribution in [0.4, 0.5) is 0 Å². The molecule has 5 nitrogen and oxygen atoms in total. The summed E-state index contributed by atoms with van der Waals surface area (Å²) in [5.74, 6) is 0.574. The van der Waals surface area contributed by atoms with Crippen LogP contribution in [0.1, 0.15) is 16.8 Å². The van der Waals surface area contributed by atoms with Crippen LogP contribution < -0.4 is 5.32 Å². The molecule has 0 spiro atoms. The summed E-state index contributed by atoms with van der Waals surface area (Å²) >= 11 is 7.49. The molecule has 1 atom stereocenters. The van der Waals surface area contributed by atoms with Gasteiger partial charge in [0.25, 0.3) is 5.91 Å². The molecule has 0 aliphatic heterocycles. The first-order chi connectivity index (χ1) is 10.6. The van der Waals surface area contributed by atoms with Gasteiger partial charge in [-0.25, -0.2) is 4.68 Å². The SMILES string of the molecule is CSCC(CCO)NC(=O)c1cnn(-c2ccc(Cl)cc2)c1. The van der Waals surface area contributed by atoms with Gasteiger partial charge in [-0.3, -0.25) is 4.79 Å². The number of aromatic nitrogens is 2. The molecule has 1 amide bonds. The van der Waals surface area contributed by atoms with Crippen molar-refractivity contribution in [3.63, 3.8) is 0 Å². The van der Waals surface area contributed by atoms with E-state index in [4.69, 9.17) is 16.7 Å². The van der Waals surface area contributed by atoms with Crippen molar-refractivity contribution in [2.24, 2.45) is 0 Å². The lowest BCUT2D eigenvalue weighted by Gasteiger charge is -2.15. The zero-order valence-corrected chi connectivity index (χ0v) is 13.8. The van der Waals surface area contributed by atoms with Gasteiger partial charge in [-0.1, -0.05) is 11.6 Å². The smallest absolute Gasteiger partial charge is 0.254 e. The van der Waals surface area contributed by atoms with Gasteiger partial charge in [-0.2, -0.15) is 16.9 Å². The van der Waals surface area contributed by atoms with E-state index in [9.17, 15) is 4.79 Å². The summed E-state index contributed by atoms with van der Waals surface area (Å²) in [6.07, 6.45) is 5.71. The Morgan fingerprint density at radius 1 is 1.45 bits per heavy atom. The van der Waals surface area contributed by atoms with E-state index in [1.165, 1.54) is 6.20 Å². The predicted octanol–water partition coefficient (Wildman–Crippen LogP) is 2.37. The number of nitrogens with zero attached hydrogens (tertiary/aromatic N) is 2. The number of benzene rings is 1. The lowest BCUT2D eigenvalue weighted by atomic mass is 10.2. The third kappa shape index (κ3) is 4.50. The van der Waals surface area contributed by atoms with E-state index in [1.807, 2.05) is 18.4 Å². The van der Waals surface area contributed by atoms with Gasteiger partial charge >= 0.3 is 0 Å². The number of rotatable bonds is 7. The number of hydrogen-bond acceptors (Lipinski definition) is 4. The minimum Gasteiger partial charge on any atom is -0.396 e. The van der Waals surface area contributed by atoms with Crippen molar-refractivity contribution >= 4 is 29.3 Å². The van der Waals surface area contributed by atoms with E-state index < -0.39 is 0 Å². The molecule has 0 saturated heterocycles. The third-order valence-electron chi connectivity index (χ3n) is 3.12. The van der Waals surface area contributed by atoms with Crippen LogP contribution in [0.25, 0.3) is 5.69 Å². The number of hydrogen-bond donors (Lipinski definition) is 2. The van der Waals surface area contributed by atoms with Gasteiger partial charge in [0.05, 0.1) is 17.4 Å². The Bertz CT molecular complexity index is 610. The number of carbonyl (C=O) groups excluding carboxylic acids is 1. The molecule has 1 heterocycles. The molecule has 1 unspecified atom stereocenters. The van der Waals surface area contributed by atoms with E-state index >= 15 is 0 Å². The van der Waals surface area contributed by atoms with Crippen molar-refractivity contribution < 1.29 is 9.90 Å². The number of amides is 1. The van der Waals surface area contributed by atoms with Gasteiger partial charge in [-0.05, 0) is 36.9 Å². The molecule has 0 aliphatic carbocycles. The summed E-state index contributed by atoms with van der Waals surface area (Å²) in [5, 5.41) is 16.8. The van der Waals surface area contributed by atoms with E-state index in [0.29, 0.717) is 17.0 Å². The molecule has 118 valence electrons. The minimum atomic E-state index is -0.187. The highest BCUT2D eigenvalue weighted by Crippen LogP contribution is 2.13. The Labute approximate surface area is 138 Å². The highest BCUT2D eigenvalue weighted by atomic mass is 35.5. The van der Waals surface area contributed by atoms with E-state index in [2.05, 4.69) is 10.4 Å². The Kier molecular flexibility index (Phi) is 6.30. The van der Waals surface area contributed by atoms with Crippen molar-refractivity contribution in [3.8, 4) is 5.69 Å². The second-order valence-corrected chi connectivity index (χ2v) is 6.14. The van der Waals surface area contributed by atoms with Gasteiger partial charge < -0.3 is 10.4 Å². The largest absolute Gasteiger partial charge is 0.396 e. The summed E-state index contributed by atoms with van der Waals surface area (Å²) in [6, 6.07) is 7.16. The molecule has 22 heavy (non-hydrogen) atoms. The maximum Gasteiger partial charge on any atom is 0.254 e. The van der Waals surface area contributed by atoms with Crippen LogP contribution in [0.5, 0.6) is 0 Å². The summed E-state index contributed by atoms with van der Waals surface area (Å²) < 4.78 is 1.63. The molecule has 0 fully saturated rings. The van der Waals surface area contributed by atoms with Crippen LogP contribution in [0.2, 0.25) is 5.02 Å². The van der Waals surface area contributed by atoms with Crippen LogP contribution in [-0.2, 0) is 0 Å². The molecule has 1 aromatic carbocycles. The van der Waals surface area contributed by atoms with Gasteiger partial charge in [0.2, 0.25) is 0 Å². The summed E-state index contributed by atoms with van der Waals surface area (Å²) in [6.45, 7) is 0.0511. The van der Waals surface area contributed by atoms with Crippen molar-refractivity contribution in [2.75, 3.05) is 18.6 Å². The standard InChI is InChI=1S/C15H18ClN3O2S/c1-22-10-13(6-7-20)18-15(21)11-8-17-19(9-11)14-4-2-12(16)3-5-14/h2-5,8-9,13,20H,6-7,10H2,1H3,(H,18,21). The zero-order valence-electron chi connectivity index (χ0n) is 12.2. The Hall–Kier alpha value is -1.50. The van der Waals surface area contributed by atoms with Crippen LogP contribution in [0.15, 0.2) is 36.7 Å².